The standard InChI is InChI=1S/C20H21BrN6O2/c1-14-8-17(21)6-7-18(14)26-19(28)10-24-20(29)23-9-15-2-4-16(5-3-15)11-27-13-22-12-25-27/h2-8,12-13H,9-11H2,1H3,(H,26,28)(H2,23,24,29). The topological polar surface area (TPSA) is 101 Å². The van der Waals surface area contributed by atoms with E-state index >= 15 is 0 Å². The van der Waals surface area contributed by atoms with Gasteiger partial charge in [0.15, 0.2) is 0 Å². The molecule has 0 saturated carbocycles. The van der Waals surface area contributed by atoms with Gasteiger partial charge in [-0.3, -0.25) is 4.79 Å². The average Bonchev–Trinajstić information content (AvgIpc) is 3.21. The largest absolute Gasteiger partial charge is 0.334 e. The van der Waals surface area contributed by atoms with E-state index in [1.165, 1.54) is 6.33 Å². The summed E-state index contributed by atoms with van der Waals surface area (Å²) in [6.07, 6.45) is 3.16. The Morgan fingerprint density at radius 3 is 2.52 bits per heavy atom. The fourth-order valence-corrected chi connectivity index (χ4v) is 3.11. The van der Waals surface area contributed by atoms with Crippen molar-refractivity contribution in [3.8, 4) is 0 Å². The molecular formula is C20H21BrN6O2. The lowest BCUT2D eigenvalue weighted by molar-refractivity contribution is -0.115. The number of nitrogens with zero attached hydrogens (tertiary/aromatic N) is 3. The second-order valence-electron chi connectivity index (χ2n) is 6.45. The summed E-state index contributed by atoms with van der Waals surface area (Å²) in [4.78, 5) is 27.9. The van der Waals surface area contributed by atoms with Gasteiger partial charge in [0.1, 0.15) is 12.7 Å². The molecule has 2 aromatic carbocycles. The molecule has 1 heterocycles. The number of halogens is 1. The van der Waals surface area contributed by atoms with Crippen LogP contribution >= 0.6 is 15.9 Å². The summed E-state index contributed by atoms with van der Waals surface area (Å²) < 4.78 is 2.68. The maximum atomic E-state index is 12.0. The molecule has 0 aliphatic rings. The first-order valence-corrected chi connectivity index (χ1v) is 9.77. The highest BCUT2D eigenvalue weighted by atomic mass is 79.9. The second kappa shape index (κ2) is 9.83. The monoisotopic (exact) mass is 456 g/mol. The molecule has 3 N–H and O–H groups in total. The highest BCUT2D eigenvalue weighted by Crippen LogP contribution is 2.19. The molecule has 0 saturated heterocycles. The molecule has 0 aliphatic heterocycles. The summed E-state index contributed by atoms with van der Waals surface area (Å²) in [5.74, 6) is -0.289. The number of anilines is 1. The van der Waals surface area contributed by atoms with E-state index in [1.807, 2.05) is 49.4 Å². The number of hydrogen-bond donors (Lipinski definition) is 3. The maximum absolute atomic E-state index is 12.0. The third kappa shape index (κ3) is 6.42. The summed E-state index contributed by atoms with van der Waals surface area (Å²) in [7, 11) is 0. The molecule has 3 amide bonds. The van der Waals surface area contributed by atoms with Gasteiger partial charge in [-0.25, -0.2) is 14.5 Å². The number of rotatable bonds is 7. The first-order chi connectivity index (χ1) is 14.0. The fourth-order valence-electron chi connectivity index (χ4n) is 2.63. The average molecular weight is 457 g/mol. The Hall–Kier alpha value is -3.20. The Balaban J connectivity index is 1.39. The molecule has 150 valence electrons. The lowest BCUT2D eigenvalue weighted by Gasteiger charge is -2.10. The number of nitrogens with one attached hydrogen (secondary N) is 3. The van der Waals surface area contributed by atoms with Gasteiger partial charge < -0.3 is 16.0 Å². The van der Waals surface area contributed by atoms with Gasteiger partial charge in [-0.05, 0) is 41.8 Å². The number of aryl methyl sites for hydroxylation is 1. The minimum atomic E-state index is -0.403. The molecular weight excluding hydrogens is 436 g/mol. The zero-order valence-corrected chi connectivity index (χ0v) is 17.4. The first-order valence-electron chi connectivity index (χ1n) is 8.97. The molecule has 0 unspecified atom stereocenters. The Bertz CT molecular complexity index is 973. The molecule has 3 aromatic rings. The molecule has 1 aromatic heterocycles. The molecule has 0 bridgehead atoms. The fraction of sp³-hybridized carbons (Fsp3) is 0.200. The molecule has 0 spiro atoms. The number of hydrogen-bond acceptors (Lipinski definition) is 4. The van der Waals surface area contributed by atoms with Crippen LogP contribution in [0.1, 0.15) is 16.7 Å². The molecule has 8 nitrogen and oxygen atoms in total. The van der Waals surface area contributed by atoms with Gasteiger partial charge >= 0.3 is 6.03 Å². The van der Waals surface area contributed by atoms with E-state index in [1.54, 1.807) is 11.0 Å². The molecule has 0 aliphatic carbocycles. The molecule has 0 fully saturated rings. The van der Waals surface area contributed by atoms with Crippen molar-refractivity contribution in [1.82, 2.24) is 25.4 Å². The van der Waals surface area contributed by atoms with Crippen LogP contribution in [0.4, 0.5) is 10.5 Å². The van der Waals surface area contributed by atoms with Gasteiger partial charge in [0.05, 0.1) is 13.1 Å². The highest BCUT2D eigenvalue weighted by molar-refractivity contribution is 9.10. The van der Waals surface area contributed by atoms with E-state index in [2.05, 4.69) is 42.0 Å². The minimum absolute atomic E-state index is 0.113. The number of amides is 3. The van der Waals surface area contributed by atoms with Crippen molar-refractivity contribution in [2.24, 2.45) is 0 Å². The van der Waals surface area contributed by atoms with E-state index in [-0.39, 0.29) is 12.5 Å². The van der Waals surface area contributed by atoms with Crippen molar-refractivity contribution in [1.29, 1.82) is 0 Å². The Morgan fingerprint density at radius 2 is 1.83 bits per heavy atom. The lowest BCUT2D eigenvalue weighted by atomic mass is 10.1. The number of aromatic nitrogens is 3. The van der Waals surface area contributed by atoms with Crippen molar-refractivity contribution in [3.05, 3.63) is 76.3 Å². The van der Waals surface area contributed by atoms with Crippen LogP contribution in [0, 0.1) is 6.92 Å². The number of urea groups is 1. The van der Waals surface area contributed by atoms with Crippen molar-refractivity contribution < 1.29 is 9.59 Å². The predicted octanol–water partition coefficient (Wildman–Crippen LogP) is 2.84. The van der Waals surface area contributed by atoms with Crippen LogP contribution in [0.2, 0.25) is 0 Å². The quantitative estimate of drug-likeness (QED) is 0.508. The smallest absolute Gasteiger partial charge is 0.315 e. The molecule has 9 heteroatoms. The summed E-state index contributed by atoms with van der Waals surface area (Å²) in [6.45, 7) is 2.79. The van der Waals surface area contributed by atoms with E-state index in [0.717, 1.165) is 21.2 Å². The van der Waals surface area contributed by atoms with Gasteiger partial charge in [-0.1, -0.05) is 40.2 Å². The van der Waals surface area contributed by atoms with Crippen LogP contribution in [-0.2, 0) is 17.9 Å². The second-order valence-corrected chi connectivity index (χ2v) is 7.37. The van der Waals surface area contributed by atoms with Crippen molar-refractivity contribution in [2.45, 2.75) is 20.0 Å². The Kier molecular flexibility index (Phi) is 6.96. The van der Waals surface area contributed by atoms with Gasteiger partial charge in [0.25, 0.3) is 0 Å². The van der Waals surface area contributed by atoms with E-state index in [9.17, 15) is 9.59 Å². The molecule has 0 radical (unpaired) electrons. The summed E-state index contributed by atoms with van der Waals surface area (Å²) >= 11 is 3.38. The van der Waals surface area contributed by atoms with Gasteiger partial charge in [-0.15, -0.1) is 0 Å². The van der Waals surface area contributed by atoms with Crippen LogP contribution in [-0.4, -0.2) is 33.2 Å². The SMILES string of the molecule is Cc1cc(Br)ccc1NC(=O)CNC(=O)NCc1ccc(Cn2cncn2)cc1. The van der Waals surface area contributed by atoms with E-state index < -0.39 is 6.03 Å². The van der Waals surface area contributed by atoms with Crippen LogP contribution in [0.25, 0.3) is 0 Å². The number of carbonyl (C=O) groups is 2. The van der Waals surface area contributed by atoms with E-state index in [4.69, 9.17) is 0 Å². The zero-order valence-electron chi connectivity index (χ0n) is 15.9. The Morgan fingerprint density at radius 1 is 1.07 bits per heavy atom. The van der Waals surface area contributed by atoms with E-state index in [0.29, 0.717) is 18.8 Å². The van der Waals surface area contributed by atoms with Gasteiger partial charge in [0.2, 0.25) is 5.91 Å². The molecule has 0 atom stereocenters. The molecule has 3 rings (SSSR count). The van der Waals surface area contributed by atoms with Gasteiger partial charge in [-0.2, -0.15) is 5.10 Å². The summed E-state index contributed by atoms with van der Waals surface area (Å²) in [5, 5.41) is 12.1. The lowest BCUT2D eigenvalue weighted by Crippen LogP contribution is -2.39. The first kappa shape index (κ1) is 20.5. The zero-order chi connectivity index (χ0) is 20.6. The third-order valence-electron chi connectivity index (χ3n) is 4.16. The van der Waals surface area contributed by atoms with Crippen LogP contribution in [0.5, 0.6) is 0 Å². The molecule has 29 heavy (non-hydrogen) atoms. The van der Waals surface area contributed by atoms with Gasteiger partial charge in [0, 0.05) is 16.7 Å². The van der Waals surface area contributed by atoms with Crippen LogP contribution in [0.15, 0.2) is 59.6 Å². The number of carbonyl (C=O) groups excluding carboxylic acids is 2. The van der Waals surface area contributed by atoms with Crippen LogP contribution < -0.4 is 16.0 Å². The minimum Gasteiger partial charge on any atom is -0.334 e. The number of benzene rings is 2. The van der Waals surface area contributed by atoms with Crippen molar-refractivity contribution in [3.63, 3.8) is 0 Å². The third-order valence-corrected chi connectivity index (χ3v) is 4.65. The normalized spacial score (nSPS) is 10.4. The van der Waals surface area contributed by atoms with Crippen molar-refractivity contribution in [2.75, 3.05) is 11.9 Å². The predicted molar refractivity (Wildman–Crippen MR) is 113 cm³/mol. The summed E-state index contributed by atoms with van der Waals surface area (Å²) in [6, 6.07) is 13.0. The summed E-state index contributed by atoms with van der Waals surface area (Å²) in [5.41, 5.74) is 3.69. The maximum Gasteiger partial charge on any atom is 0.315 e. The van der Waals surface area contributed by atoms with Crippen molar-refractivity contribution >= 4 is 33.6 Å². The Labute approximate surface area is 176 Å². The highest BCUT2D eigenvalue weighted by Gasteiger charge is 2.07. The van der Waals surface area contributed by atoms with Crippen LogP contribution in [0.3, 0.4) is 0 Å².